The summed E-state index contributed by atoms with van der Waals surface area (Å²) in [4.78, 5) is 14.5. The number of piperidine rings is 1. The SMILES string of the molecule is C=Nc1ccnc(N2CCC(N)CC2)c1N=C. The van der Waals surface area contributed by atoms with Gasteiger partial charge in [-0.15, -0.1) is 0 Å². The zero-order valence-corrected chi connectivity index (χ0v) is 9.84. The highest BCUT2D eigenvalue weighted by atomic mass is 15.2. The molecule has 1 aromatic heterocycles. The van der Waals surface area contributed by atoms with Crippen LogP contribution in [0.1, 0.15) is 12.8 Å². The van der Waals surface area contributed by atoms with E-state index < -0.39 is 0 Å². The fourth-order valence-electron chi connectivity index (χ4n) is 2.06. The van der Waals surface area contributed by atoms with Crippen molar-refractivity contribution < 1.29 is 0 Å². The van der Waals surface area contributed by atoms with Gasteiger partial charge in [-0.05, 0) is 32.3 Å². The summed E-state index contributed by atoms with van der Waals surface area (Å²) in [6.45, 7) is 8.91. The van der Waals surface area contributed by atoms with Gasteiger partial charge in [0.2, 0.25) is 0 Å². The molecule has 0 spiro atoms. The van der Waals surface area contributed by atoms with Gasteiger partial charge in [-0.25, -0.2) is 4.98 Å². The number of aromatic nitrogens is 1. The second-order valence-corrected chi connectivity index (χ2v) is 4.14. The molecule has 1 fully saturated rings. The smallest absolute Gasteiger partial charge is 0.156 e. The number of pyridine rings is 1. The second-order valence-electron chi connectivity index (χ2n) is 4.14. The Hall–Kier alpha value is -1.75. The molecule has 0 aliphatic carbocycles. The van der Waals surface area contributed by atoms with E-state index >= 15 is 0 Å². The van der Waals surface area contributed by atoms with Crippen LogP contribution in [0.4, 0.5) is 17.2 Å². The van der Waals surface area contributed by atoms with Crippen molar-refractivity contribution in [1.29, 1.82) is 0 Å². The molecule has 17 heavy (non-hydrogen) atoms. The standard InChI is InChI=1S/C12H17N5/c1-14-10-3-6-16-12(11(10)15-2)17-7-4-9(13)5-8-17/h3,6,9H,1-2,4-5,7-8,13H2. The first-order valence-electron chi connectivity index (χ1n) is 5.69. The van der Waals surface area contributed by atoms with Crippen molar-refractivity contribution in [2.75, 3.05) is 18.0 Å². The molecule has 1 saturated heterocycles. The lowest BCUT2D eigenvalue weighted by Crippen LogP contribution is -2.40. The van der Waals surface area contributed by atoms with Gasteiger partial charge in [-0.2, -0.15) is 0 Å². The third kappa shape index (κ3) is 2.34. The molecule has 1 aliphatic heterocycles. The summed E-state index contributed by atoms with van der Waals surface area (Å²) in [5, 5.41) is 0. The van der Waals surface area contributed by atoms with Gasteiger partial charge in [-0.3, -0.25) is 9.98 Å². The second kappa shape index (κ2) is 5.05. The molecule has 5 nitrogen and oxygen atoms in total. The van der Waals surface area contributed by atoms with Gasteiger partial charge >= 0.3 is 0 Å². The van der Waals surface area contributed by atoms with Gasteiger partial charge in [0.25, 0.3) is 0 Å². The molecule has 0 bridgehead atoms. The van der Waals surface area contributed by atoms with Crippen LogP contribution in [-0.2, 0) is 0 Å². The Kier molecular flexibility index (Phi) is 3.49. The van der Waals surface area contributed by atoms with Gasteiger partial charge in [0.15, 0.2) is 5.82 Å². The van der Waals surface area contributed by atoms with E-state index in [0.29, 0.717) is 11.7 Å². The van der Waals surface area contributed by atoms with Gasteiger partial charge in [-0.1, -0.05) is 0 Å². The summed E-state index contributed by atoms with van der Waals surface area (Å²) in [5.41, 5.74) is 7.32. The first kappa shape index (κ1) is 11.7. The molecule has 90 valence electrons. The first-order chi connectivity index (χ1) is 8.26. The quantitative estimate of drug-likeness (QED) is 0.805. The van der Waals surface area contributed by atoms with E-state index in [4.69, 9.17) is 5.73 Å². The number of anilines is 1. The average Bonchev–Trinajstić information content (AvgIpc) is 2.38. The van der Waals surface area contributed by atoms with Gasteiger partial charge < -0.3 is 10.6 Å². The zero-order chi connectivity index (χ0) is 12.3. The van der Waals surface area contributed by atoms with Crippen molar-refractivity contribution in [2.45, 2.75) is 18.9 Å². The van der Waals surface area contributed by atoms with E-state index in [-0.39, 0.29) is 0 Å². The predicted molar refractivity (Wildman–Crippen MR) is 72.1 cm³/mol. The molecular weight excluding hydrogens is 214 g/mol. The van der Waals surface area contributed by atoms with Crippen molar-refractivity contribution in [2.24, 2.45) is 15.7 Å². The minimum atomic E-state index is 0.298. The van der Waals surface area contributed by atoms with Crippen LogP contribution >= 0.6 is 0 Å². The van der Waals surface area contributed by atoms with Crippen molar-refractivity contribution >= 4 is 30.6 Å². The molecule has 0 amide bonds. The van der Waals surface area contributed by atoms with Crippen molar-refractivity contribution in [3.63, 3.8) is 0 Å². The molecule has 2 heterocycles. The minimum Gasteiger partial charge on any atom is -0.355 e. The molecule has 2 N–H and O–H groups in total. The lowest BCUT2D eigenvalue weighted by molar-refractivity contribution is 0.499. The van der Waals surface area contributed by atoms with Crippen LogP contribution < -0.4 is 10.6 Å². The Morgan fingerprint density at radius 1 is 1.29 bits per heavy atom. The van der Waals surface area contributed by atoms with E-state index in [0.717, 1.165) is 37.4 Å². The van der Waals surface area contributed by atoms with Crippen molar-refractivity contribution in [1.82, 2.24) is 4.98 Å². The maximum absolute atomic E-state index is 5.89. The van der Waals surface area contributed by atoms with Crippen LogP contribution in [0, 0.1) is 0 Å². The number of nitrogens with zero attached hydrogens (tertiary/aromatic N) is 4. The number of rotatable bonds is 3. The molecule has 1 aliphatic rings. The third-order valence-electron chi connectivity index (χ3n) is 3.05. The minimum absolute atomic E-state index is 0.298. The molecule has 0 aromatic carbocycles. The summed E-state index contributed by atoms with van der Waals surface area (Å²) in [7, 11) is 0. The molecular formula is C12H17N5. The summed E-state index contributed by atoms with van der Waals surface area (Å²) >= 11 is 0. The third-order valence-corrected chi connectivity index (χ3v) is 3.05. The predicted octanol–water partition coefficient (Wildman–Crippen LogP) is 1.67. The number of hydrogen-bond acceptors (Lipinski definition) is 5. The van der Waals surface area contributed by atoms with Crippen LogP contribution in [-0.4, -0.2) is 37.6 Å². The monoisotopic (exact) mass is 231 g/mol. The van der Waals surface area contributed by atoms with Crippen LogP contribution in [0.2, 0.25) is 0 Å². The van der Waals surface area contributed by atoms with Gasteiger partial charge in [0.05, 0.1) is 5.69 Å². The Labute approximate surface area is 101 Å². The highest BCUT2D eigenvalue weighted by Crippen LogP contribution is 2.36. The van der Waals surface area contributed by atoms with E-state index in [1.807, 2.05) is 0 Å². The fourth-order valence-corrected chi connectivity index (χ4v) is 2.06. The molecule has 0 atom stereocenters. The maximum atomic E-state index is 5.89. The largest absolute Gasteiger partial charge is 0.355 e. The van der Waals surface area contributed by atoms with Crippen LogP contribution in [0.15, 0.2) is 22.2 Å². The Morgan fingerprint density at radius 2 is 2.00 bits per heavy atom. The van der Waals surface area contributed by atoms with Crippen molar-refractivity contribution in [3.05, 3.63) is 12.3 Å². The van der Waals surface area contributed by atoms with E-state index in [1.165, 1.54) is 0 Å². The molecule has 0 saturated carbocycles. The van der Waals surface area contributed by atoms with Gasteiger partial charge in [0, 0.05) is 25.3 Å². The lowest BCUT2D eigenvalue weighted by atomic mass is 10.1. The molecule has 5 heteroatoms. The Balaban J connectivity index is 2.31. The zero-order valence-electron chi connectivity index (χ0n) is 9.84. The topological polar surface area (TPSA) is 66.9 Å². The van der Waals surface area contributed by atoms with E-state index in [9.17, 15) is 0 Å². The number of hydrogen-bond donors (Lipinski definition) is 1. The normalized spacial score (nSPS) is 16.9. The van der Waals surface area contributed by atoms with Crippen molar-refractivity contribution in [3.8, 4) is 0 Å². The Morgan fingerprint density at radius 3 is 2.59 bits per heavy atom. The Bertz CT molecular complexity index is 421. The highest BCUT2D eigenvalue weighted by molar-refractivity contribution is 5.78. The summed E-state index contributed by atoms with van der Waals surface area (Å²) in [5.74, 6) is 0.830. The first-order valence-corrected chi connectivity index (χ1v) is 5.69. The number of nitrogens with two attached hydrogens (primary N) is 1. The average molecular weight is 231 g/mol. The lowest BCUT2D eigenvalue weighted by Gasteiger charge is -2.31. The van der Waals surface area contributed by atoms with E-state index in [1.54, 1.807) is 12.3 Å². The summed E-state index contributed by atoms with van der Waals surface area (Å²) in [6, 6.07) is 2.09. The molecule has 0 radical (unpaired) electrons. The molecule has 0 unspecified atom stereocenters. The van der Waals surface area contributed by atoms with Crippen LogP contribution in [0.3, 0.4) is 0 Å². The maximum Gasteiger partial charge on any atom is 0.156 e. The van der Waals surface area contributed by atoms with E-state index in [2.05, 4.69) is 33.3 Å². The van der Waals surface area contributed by atoms with Crippen LogP contribution in [0.25, 0.3) is 0 Å². The molecule has 1 aromatic rings. The van der Waals surface area contributed by atoms with Crippen LogP contribution in [0.5, 0.6) is 0 Å². The summed E-state index contributed by atoms with van der Waals surface area (Å²) in [6.07, 6.45) is 3.68. The highest BCUT2D eigenvalue weighted by Gasteiger charge is 2.20. The summed E-state index contributed by atoms with van der Waals surface area (Å²) < 4.78 is 0. The number of aliphatic imine (C=N–C) groups is 2. The molecule has 2 rings (SSSR count). The fraction of sp³-hybridized carbons (Fsp3) is 0.417. The van der Waals surface area contributed by atoms with Gasteiger partial charge in [0.1, 0.15) is 5.69 Å².